The SMILES string of the molecule is COC(=O)c1ccccc1/C=N\NC(=O)c1ccc(S(=O)(=O)N2CCCC2)cc1. The van der Waals surface area contributed by atoms with E-state index in [0.29, 0.717) is 24.2 Å². The predicted molar refractivity (Wildman–Crippen MR) is 107 cm³/mol. The average Bonchev–Trinajstić information content (AvgIpc) is 3.29. The van der Waals surface area contributed by atoms with E-state index in [1.165, 1.54) is 41.9 Å². The van der Waals surface area contributed by atoms with Gasteiger partial charge in [-0.05, 0) is 43.2 Å². The van der Waals surface area contributed by atoms with E-state index in [1.54, 1.807) is 24.3 Å². The fourth-order valence-corrected chi connectivity index (χ4v) is 4.50. The highest BCUT2D eigenvalue weighted by atomic mass is 32.2. The van der Waals surface area contributed by atoms with Crippen LogP contribution in [0, 0.1) is 0 Å². The van der Waals surface area contributed by atoms with Crippen LogP contribution in [0.4, 0.5) is 0 Å². The highest BCUT2D eigenvalue weighted by molar-refractivity contribution is 7.89. The van der Waals surface area contributed by atoms with Crippen molar-refractivity contribution in [3.05, 3.63) is 65.2 Å². The number of nitrogens with zero attached hydrogens (tertiary/aromatic N) is 2. The maximum Gasteiger partial charge on any atom is 0.338 e. The Morgan fingerprint density at radius 3 is 2.38 bits per heavy atom. The van der Waals surface area contributed by atoms with Crippen LogP contribution < -0.4 is 5.43 Å². The molecule has 1 aliphatic heterocycles. The van der Waals surface area contributed by atoms with Gasteiger partial charge in [0.25, 0.3) is 5.91 Å². The van der Waals surface area contributed by atoms with Crippen LogP contribution in [0.3, 0.4) is 0 Å². The molecule has 29 heavy (non-hydrogen) atoms. The molecule has 0 aliphatic carbocycles. The number of ether oxygens (including phenoxy) is 1. The second-order valence-corrected chi connectivity index (χ2v) is 8.35. The molecule has 152 valence electrons. The average molecular weight is 415 g/mol. The van der Waals surface area contributed by atoms with Gasteiger partial charge in [-0.1, -0.05) is 18.2 Å². The Bertz CT molecular complexity index is 1030. The van der Waals surface area contributed by atoms with Crippen molar-refractivity contribution in [2.75, 3.05) is 20.2 Å². The highest BCUT2D eigenvalue weighted by Gasteiger charge is 2.27. The highest BCUT2D eigenvalue weighted by Crippen LogP contribution is 2.21. The van der Waals surface area contributed by atoms with E-state index in [-0.39, 0.29) is 10.5 Å². The van der Waals surface area contributed by atoms with E-state index >= 15 is 0 Å². The fourth-order valence-electron chi connectivity index (χ4n) is 2.99. The Balaban J connectivity index is 1.68. The number of nitrogens with one attached hydrogen (secondary N) is 1. The van der Waals surface area contributed by atoms with Crippen LogP contribution in [0.5, 0.6) is 0 Å². The Labute approximate surface area is 169 Å². The van der Waals surface area contributed by atoms with Crippen molar-refractivity contribution >= 4 is 28.1 Å². The first-order valence-electron chi connectivity index (χ1n) is 9.04. The zero-order valence-corrected chi connectivity index (χ0v) is 16.7. The summed E-state index contributed by atoms with van der Waals surface area (Å²) in [6.07, 6.45) is 3.06. The lowest BCUT2D eigenvalue weighted by Crippen LogP contribution is -2.28. The van der Waals surface area contributed by atoms with Gasteiger partial charge >= 0.3 is 5.97 Å². The van der Waals surface area contributed by atoms with Crippen molar-refractivity contribution in [1.29, 1.82) is 0 Å². The van der Waals surface area contributed by atoms with E-state index in [0.717, 1.165) is 12.8 Å². The first kappa shape index (κ1) is 20.7. The molecule has 0 bridgehead atoms. The number of methoxy groups -OCH3 is 1. The van der Waals surface area contributed by atoms with Crippen molar-refractivity contribution < 1.29 is 22.7 Å². The number of esters is 1. The van der Waals surface area contributed by atoms with Crippen molar-refractivity contribution in [3.8, 4) is 0 Å². The van der Waals surface area contributed by atoms with Crippen molar-refractivity contribution in [2.24, 2.45) is 5.10 Å². The second kappa shape index (κ2) is 8.97. The second-order valence-electron chi connectivity index (χ2n) is 6.41. The molecule has 1 N–H and O–H groups in total. The fraction of sp³-hybridized carbons (Fsp3) is 0.250. The van der Waals surface area contributed by atoms with Crippen molar-refractivity contribution in [1.82, 2.24) is 9.73 Å². The largest absolute Gasteiger partial charge is 0.465 e. The van der Waals surface area contributed by atoms with Gasteiger partial charge < -0.3 is 4.74 Å². The minimum atomic E-state index is -3.52. The van der Waals surface area contributed by atoms with Gasteiger partial charge in [0.2, 0.25) is 10.0 Å². The molecular weight excluding hydrogens is 394 g/mol. The Kier molecular flexibility index (Phi) is 6.40. The van der Waals surface area contributed by atoms with Crippen molar-refractivity contribution in [3.63, 3.8) is 0 Å². The van der Waals surface area contributed by atoms with Crippen LogP contribution in [0.1, 0.15) is 39.1 Å². The number of hydrogen-bond acceptors (Lipinski definition) is 6. The number of carbonyl (C=O) groups is 2. The minimum absolute atomic E-state index is 0.159. The summed E-state index contributed by atoms with van der Waals surface area (Å²) in [6.45, 7) is 1.04. The lowest BCUT2D eigenvalue weighted by Gasteiger charge is -2.15. The number of hydrogen-bond donors (Lipinski definition) is 1. The van der Waals surface area contributed by atoms with E-state index in [4.69, 9.17) is 4.74 Å². The van der Waals surface area contributed by atoms with E-state index in [9.17, 15) is 18.0 Å². The topological polar surface area (TPSA) is 105 Å². The molecule has 1 fully saturated rings. The number of benzene rings is 2. The zero-order valence-electron chi connectivity index (χ0n) is 15.9. The number of hydrazone groups is 1. The smallest absolute Gasteiger partial charge is 0.338 e. The molecule has 0 saturated carbocycles. The van der Waals surface area contributed by atoms with Gasteiger partial charge in [-0.25, -0.2) is 18.6 Å². The predicted octanol–water partition coefficient (Wildman–Crippen LogP) is 2.02. The molecule has 1 saturated heterocycles. The lowest BCUT2D eigenvalue weighted by atomic mass is 10.1. The maximum absolute atomic E-state index is 12.5. The lowest BCUT2D eigenvalue weighted by molar-refractivity contribution is 0.0600. The van der Waals surface area contributed by atoms with Gasteiger partial charge in [0.15, 0.2) is 0 Å². The maximum atomic E-state index is 12.5. The number of carbonyl (C=O) groups excluding carboxylic acids is 2. The number of amides is 1. The van der Waals surface area contributed by atoms with E-state index in [1.807, 2.05) is 0 Å². The molecule has 0 radical (unpaired) electrons. The quantitative estimate of drug-likeness (QED) is 0.441. The molecule has 1 amide bonds. The molecule has 0 aromatic heterocycles. The summed E-state index contributed by atoms with van der Waals surface area (Å²) in [5.74, 6) is -1.00. The molecule has 0 spiro atoms. The summed E-state index contributed by atoms with van der Waals surface area (Å²) in [5.41, 5.74) is 3.45. The molecule has 0 unspecified atom stereocenters. The minimum Gasteiger partial charge on any atom is -0.465 e. The van der Waals surface area contributed by atoms with Gasteiger partial charge in [-0.15, -0.1) is 0 Å². The van der Waals surface area contributed by atoms with E-state index < -0.39 is 21.9 Å². The standard InChI is InChI=1S/C20H21N3O5S/c1-28-20(25)18-7-3-2-6-16(18)14-21-22-19(24)15-8-10-17(11-9-15)29(26,27)23-12-4-5-13-23/h2-3,6-11,14H,4-5,12-13H2,1H3,(H,22,24)/b21-14-. The number of rotatable bonds is 6. The zero-order chi connectivity index (χ0) is 20.9. The van der Waals surface area contributed by atoms with Gasteiger partial charge in [0.1, 0.15) is 0 Å². The summed E-state index contributed by atoms with van der Waals surface area (Å²) >= 11 is 0. The van der Waals surface area contributed by atoms with Crippen LogP contribution in [0.15, 0.2) is 58.5 Å². The van der Waals surface area contributed by atoms with Crippen LogP contribution in [0.2, 0.25) is 0 Å². The molecule has 8 nitrogen and oxygen atoms in total. The summed E-state index contributed by atoms with van der Waals surface area (Å²) in [5, 5.41) is 3.87. The molecule has 2 aromatic rings. The molecule has 3 rings (SSSR count). The first-order chi connectivity index (χ1) is 13.9. The third-order valence-corrected chi connectivity index (χ3v) is 6.47. The van der Waals surface area contributed by atoms with Crippen LogP contribution in [0.25, 0.3) is 0 Å². The van der Waals surface area contributed by atoms with Crippen molar-refractivity contribution in [2.45, 2.75) is 17.7 Å². The Morgan fingerprint density at radius 2 is 1.72 bits per heavy atom. The third-order valence-electron chi connectivity index (χ3n) is 4.56. The summed E-state index contributed by atoms with van der Waals surface area (Å²) in [4.78, 5) is 24.1. The normalized spacial score (nSPS) is 14.8. The number of sulfonamides is 1. The summed E-state index contributed by atoms with van der Waals surface area (Å²) < 4.78 is 31.2. The molecule has 0 atom stereocenters. The van der Waals surface area contributed by atoms with Gasteiger partial charge in [0.05, 0.1) is 23.8 Å². The monoisotopic (exact) mass is 415 g/mol. The first-order valence-corrected chi connectivity index (χ1v) is 10.5. The summed E-state index contributed by atoms with van der Waals surface area (Å²) in [6, 6.07) is 12.4. The molecular formula is C20H21N3O5S. The van der Waals surface area contributed by atoms with Crippen LogP contribution in [-0.2, 0) is 14.8 Å². The van der Waals surface area contributed by atoms with Crippen LogP contribution >= 0.6 is 0 Å². The summed E-state index contributed by atoms with van der Waals surface area (Å²) in [7, 11) is -2.24. The Hall–Kier alpha value is -3.04. The third kappa shape index (κ3) is 4.69. The van der Waals surface area contributed by atoms with Crippen LogP contribution in [-0.4, -0.2) is 51.0 Å². The molecule has 1 heterocycles. The van der Waals surface area contributed by atoms with Gasteiger partial charge in [-0.2, -0.15) is 9.41 Å². The molecule has 1 aliphatic rings. The Morgan fingerprint density at radius 1 is 1.07 bits per heavy atom. The van der Waals surface area contributed by atoms with E-state index in [2.05, 4.69) is 10.5 Å². The van der Waals surface area contributed by atoms with Gasteiger partial charge in [-0.3, -0.25) is 4.79 Å². The van der Waals surface area contributed by atoms with Gasteiger partial charge in [0, 0.05) is 24.2 Å². The molecule has 2 aromatic carbocycles. The molecule has 9 heteroatoms.